The first-order valence-corrected chi connectivity index (χ1v) is 25.4. The molecule has 0 saturated carbocycles. The van der Waals surface area contributed by atoms with Crippen LogP contribution in [0, 0.1) is 82.9 Å². The van der Waals surface area contributed by atoms with Gasteiger partial charge in [-0.15, -0.1) is 0 Å². The second-order valence-electron chi connectivity index (χ2n) is 19.2. The number of benzene rings is 5. The van der Waals surface area contributed by atoms with E-state index in [0.29, 0.717) is 40.3 Å². The van der Waals surface area contributed by atoms with E-state index in [1.807, 2.05) is 161 Å². The van der Waals surface area contributed by atoms with Crippen LogP contribution in [0.25, 0.3) is 56.3 Å². The zero-order valence-electron chi connectivity index (χ0n) is 65.1. The number of rotatable bonds is 5. The third-order valence-electron chi connectivity index (χ3n) is 12.9. The first-order valence-electron chi connectivity index (χ1n) is 34.4. The van der Waals surface area contributed by atoms with Gasteiger partial charge in [0.1, 0.15) is 42.1 Å². The molecule has 0 aliphatic carbocycles. The van der Waals surface area contributed by atoms with Gasteiger partial charge < -0.3 is 0 Å². The fourth-order valence-corrected chi connectivity index (χ4v) is 8.72. The lowest BCUT2D eigenvalue weighted by Crippen LogP contribution is -2.32. The van der Waals surface area contributed by atoms with Crippen LogP contribution < -0.4 is 22.8 Å². The molecular weight excluding hydrogens is 935 g/mol. The molecule has 0 saturated heterocycles. The minimum atomic E-state index is -2.46. The minimum Gasteiger partial charge on any atom is -0.201 e. The van der Waals surface area contributed by atoms with Gasteiger partial charge in [-0.25, -0.2) is 22.8 Å². The summed E-state index contributed by atoms with van der Waals surface area (Å²) in [6, 6.07) is 47.1. The summed E-state index contributed by atoms with van der Waals surface area (Å²) in [6.45, 7) is 9.97. The maximum Gasteiger partial charge on any atom is 0.215 e. The van der Waals surface area contributed by atoms with Crippen LogP contribution in [0.3, 0.4) is 0 Å². The van der Waals surface area contributed by atoms with Gasteiger partial charge in [0.15, 0.2) is 30.9 Å². The zero-order chi connectivity index (χ0) is 71.3. The summed E-state index contributed by atoms with van der Waals surface area (Å²) in [5.41, 5.74) is 16.7. The molecule has 5 aromatic heterocycles. The van der Waals surface area contributed by atoms with Crippen molar-refractivity contribution in [3.05, 3.63) is 267 Å². The molecule has 0 spiro atoms. The Hall–Kier alpha value is -8.15. The number of aromatic nitrogens is 5. The number of hydrogen-bond acceptors (Lipinski definition) is 0. The van der Waals surface area contributed by atoms with Crippen LogP contribution in [0.15, 0.2) is 201 Å². The number of nitrogens with zero attached hydrogens (tertiary/aromatic N) is 5. The van der Waals surface area contributed by atoms with Crippen molar-refractivity contribution in [2.45, 2.75) is 82.9 Å². The standard InChI is InChI=1S/2C15H18N.3C14H16N/c1-11-9-13(3)15(16(4)10-11)14-8-6-5-7-12(14)2;1-11-7-5-6-8-14(11)15-9-12(2)13(3)10-16(15)4;2*1-11-8-9-15(3)14(10-11)13-7-5-4-6-12(13)2;1-11-8-9-14(15(3)10-11)13-7-5-4-6-12(13)2/h2*5-10H,1-4H3;3*4-10H,1-3H3/q5*+1/i1D3,9D,10D;3D3,9D,10D;8D,9D,10D;9D;1D3,10D. The molecule has 5 nitrogen and oxygen atoms in total. The van der Waals surface area contributed by atoms with Crippen LogP contribution in [-0.4, -0.2) is 0 Å². The Balaban J connectivity index is 0.000000189. The maximum atomic E-state index is 8.33. The molecule has 10 rings (SSSR count). The Morgan fingerprint density at radius 2 is 0.740 bits per heavy atom. The van der Waals surface area contributed by atoms with Crippen LogP contribution in [-0.2, 0) is 35.2 Å². The van der Waals surface area contributed by atoms with Gasteiger partial charge in [-0.05, 0) is 170 Å². The Kier molecular flexibility index (Phi) is 13.2. The van der Waals surface area contributed by atoms with E-state index in [1.165, 1.54) is 21.8 Å². The summed E-state index contributed by atoms with van der Waals surface area (Å²) in [7, 11) is 8.70. The third kappa shape index (κ3) is 15.5. The molecule has 0 amide bonds. The molecule has 5 heterocycles. The summed E-state index contributed by atoms with van der Waals surface area (Å²) < 4.78 is 148. The van der Waals surface area contributed by atoms with Crippen molar-refractivity contribution < 1.29 is 47.5 Å². The predicted molar refractivity (Wildman–Crippen MR) is 322 cm³/mol. The lowest BCUT2D eigenvalue weighted by atomic mass is 10.0. The molecule has 0 radical (unpaired) electrons. The summed E-state index contributed by atoms with van der Waals surface area (Å²) >= 11 is 0. The predicted octanol–water partition coefficient (Wildman–Crippen LogP) is 14.6. The van der Waals surface area contributed by atoms with E-state index in [1.54, 1.807) is 68.7 Å². The minimum absolute atomic E-state index is 0.0285. The van der Waals surface area contributed by atoms with Crippen LogP contribution in [0.1, 0.15) is 91.4 Å². The Morgan fingerprint density at radius 3 is 1.25 bits per heavy atom. The van der Waals surface area contributed by atoms with Crippen LogP contribution in [0.5, 0.6) is 0 Å². The van der Waals surface area contributed by atoms with Gasteiger partial charge in [-0.3, -0.25) is 0 Å². The van der Waals surface area contributed by atoms with Gasteiger partial charge >= 0.3 is 0 Å². The highest BCUT2D eigenvalue weighted by Crippen LogP contribution is 2.25. The van der Waals surface area contributed by atoms with Crippen molar-refractivity contribution in [2.75, 3.05) is 0 Å². The average Bonchev–Trinajstić information content (AvgIpc) is 0.774. The Bertz CT molecular complexity index is 4280. The van der Waals surface area contributed by atoms with Gasteiger partial charge in [0.25, 0.3) is 0 Å². The maximum absolute atomic E-state index is 8.33. The zero-order valence-corrected chi connectivity index (χ0v) is 47.1. The molecule has 0 aliphatic rings. The van der Waals surface area contributed by atoms with Crippen LogP contribution >= 0.6 is 0 Å². The highest BCUT2D eigenvalue weighted by Gasteiger charge is 2.17. The van der Waals surface area contributed by atoms with Crippen molar-refractivity contribution >= 4 is 0 Å². The highest BCUT2D eigenvalue weighted by atomic mass is 14.9. The van der Waals surface area contributed by atoms with Crippen LogP contribution in [0.2, 0.25) is 0 Å². The molecule has 10 aromatic rings. The number of hydrogen-bond donors (Lipinski definition) is 0. The molecule has 0 fully saturated rings. The lowest BCUT2D eigenvalue weighted by Gasteiger charge is -2.07. The quantitative estimate of drug-likeness (QED) is 0.153. The number of pyridine rings is 5. The van der Waals surface area contributed by atoms with Gasteiger partial charge in [0, 0.05) is 98.7 Å². The van der Waals surface area contributed by atoms with Gasteiger partial charge in [0.2, 0.25) is 28.5 Å². The Labute approximate surface area is 488 Å². The van der Waals surface area contributed by atoms with Gasteiger partial charge in [0.05, 0.1) is 5.48 Å². The SMILES string of the molecule is [2H]c1c(C([2H])([2H])[2H])ccc(-c2ccccc2C)[n+]1C.[2H]c1c(C)c(-c2ccccc2C)[n+](C)c([2H])c1C([2H])([2H])[2H].[2H]c1c(C)c(C([2H])([2H])[2H])c([2H])[n+](C)c1-c1ccccc1C.[2H]c1c(C)c([2H])c(-c2ccccc2C)[n+](C)c1[2H].[2H]c1cc(C)cc(-c2ccccc2C)[n+]1C. The van der Waals surface area contributed by atoms with Crippen molar-refractivity contribution in [2.24, 2.45) is 35.2 Å². The first kappa shape index (κ1) is 37.6. The second-order valence-corrected chi connectivity index (χ2v) is 19.2. The van der Waals surface area contributed by atoms with E-state index in [9.17, 15) is 0 Å². The molecule has 0 unspecified atom stereocenters. The van der Waals surface area contributed by atoms with Gasteiger partial charge in [-0.2, -0.15) is 0 Å². The van der Waals surface area contributed by atoms with E-state index in [-0.39, 0.29) is 59.5 Å². The van der Waals surface area contributed by atoms with E-state index < -0.39 is 20.6 Å². The molecule has 0 bridgehead atoms. The monoisotopic (exact) mass is 1040 g/mol. The van der Waals surface area contributed by atoms with Crippen LogP contribution in [0.4, 0.5) is 0 Å². The van der Waals surface area contributed by atoms with Gasteiger partial charge in [-0.1, -0.05) is 91.0 Å². The summed E-state index contributed by atoms with van der Waals surface area (Å²) in [6.07, 6.45) is 0.506. The van der Waals surface area contributed by atoms with Crippen molar-refractivity contribution in [1.82, 2.24) is 0 Å². The molecular formula is C72H84N5+5. The van der Waals surface area contributed by atoms with Crippen molar-refractivity contribution in [3.63, 3.8) is 0 Å². The molecule has 392 valence electrons. The molecule has 0 N–H and O–H groups in total. The first-order chi connectivity index (χ1) is 44.2. The fourth-order valence-electron chi connectivity index (χ4n) is 8.72. The summed E-state index contributed by atoms with van der Waals surface area (Å²) in [4.78, 5) is 0. The van der Waals surface area contributed by atoms with Crippen molar-refractivity contribution in [3.8, 4) is 56.3 Å². The topological polar surface area (TPSA) is 19.4 Å². The Morgan fingerprint density at radius 1 is 0.299 bits per heavy atom. The summed E-state index contributed by atoms with van der Waals surface area (Å²) in [5, 5.41) is 0. The van der Waals surface area contributed by atoms with E-state index in [4.69, 9.17) is 24.7 Å². The normalized spacial score (nSPS) is 14.3. The summed E-state index contributed by atoms with van der Waals surface area (Å²) in [5.74, 6) is 0. The largest absolute Gasteiger partial charge is 0.215 e. The van der Waals surface area contributed by atoms with E-state index >= 15 is 0 Å². The fraction of sp³-hybridized carbons (Fsp3) is 0.236. The molecule has 0 aliphatic heterocycles. The molecule has 0 atom stereocenters. The third-order valence-corrected chi connectivity index (χ3v) is 12.9. The average molecular weight is 1040 g/mol. The molecule has 5 aromatic carbocycles. The molecule has 77 heavy (non-hydrogen) atoms. The van der Waals surface area contributed by atoms with E-state index in [2.05, 4.69) is 25.1 Å². The van der Waals surface area contributed by atoms with E-state index in [0.717, 1.165) is 67.2 Å². The number of aryl methyl sites for hydroxylation is 7. The van der Waals surface area contributed by atoms with Crippen molar-refractivity contribution in [1.29, 1.82) is 0 Å². The second kappa shape index (κ2) is 27.1. The highest BCUT2D eigenvalue weighted by molar-refractivity contribution is 5.65. The smallest absolute Gasteiger partial charge is 0.201 e. The molecule has 5 heteroatoms. The lowest BCUT2D eigenvalue weighted by molar-refractivity contribution is -0.661.